The summed E-state index contributed by atoms with van der Waals surface area (Å²) in [7, 11) is -1.08. The van der Waals surface area contributed by atoms with E-state index in [9.17, 15) is 4.21 Å². The van der Waals surface area contributed by atoms with Gasteiger partial charge in [0.15, 0.2) is 0 Å². The average molecular weight is 244 g/mol. The van der Waals surface area contributed by atoms with Gasteiger partial charge in [-0.3, -0.25) is 0 Å². The zero-order valence-corrected chi connectivity index (χ0v) is 11.2. The molecule has 0 aromatic heterocycles. The maximum absolute atomic E-state index is 12.5. The molecule has 0 saturated heterocycles. The smallest absolute Gasteiger partial charge is 0.0854 e. The van der Waals surface area contributed by atoms with Gasteiger partial charge < -0.3 is 0 Å². The summed E-state index contributed by atoms with van der Waals surface area (Å²) in [6.07, 6.45) is 0. The van der Waals surface area contributed by atoms with E-state index in [1.807, 2.05) is 44.2 Å². The van der Waals surface area contributed by atoms with Crippen LogP contribution in [0.1, 0.15) is 16.7 Å². The van der Waals surface area contributed by atoms with Gasteiger partial charge in [0.2, 0.25) is 0 Å². The molecular weight excluding hydrogens is 228 g/mol. The minimum absolute atomic E-state index is 0.863. The molecule has 88 valence electrons. The Labute approximate surface area is 105 Å². The maximum atomic E-state index is 12.5. The average Bonchev–Trinajstić information content (AvgIpc) is 2.28. The standard InChI is InChI=1S/C15H16OS/c1-11-9-12(2)15(13(3)10-11)17(16)14-7-5-4-6-8-14/h4-10H,1-3H3/t17-/m1/s1. The van der Waals surface area contributed by atoms with Crippen LogP contribution in [0.5, 0.6) is 0 Å². The first-order valence-corrected chi connectivity index (χ1v) is 6.79. The molecule has 0 radical (unpaired) electrons. The van der Waals surface area contributed by atoms with E-state index >= 15 is 0 Å². The van der Waals surface area contributed by atoms with Crippen LogP contribution >= 0.6 is 0 Å². The van der Waals surface area contributed by atoms with Crippen molar-refractivity contribution in [1.29, 1.82) is 0 Å². The normalized spacial score (nSPS) is 12.4. The second-order valence-electron chi connectivity index (χ2n) is 4.31. The number of rotatable bonds is 2. The minimum Gasteiger partial charge on any atom is -0.249 e. The molecule has 0 N–H and O–H groups in total. The molecule has 1 atom stereocenters. The zero-order valence-electron chi connectivity index (χ0n) is 10.4. The summed E-state index contributed by atoms with van der Waals surface area (Å²) in [5, 5.41) is 0. The van der Waals surface area contributed by atoms with E-state index in [1.165, 1.54) is 5.56 Å². The van der Waals surface area contributed by atoms with E-state index in [-0.39, 0.29) is 0 Å². The second kappa shape index (κ2) is 4.84. The highest BCUT2D eigenvalue weighted by molar-refractivity contribution is 7.85. The SMILES string of the molecule is Cc1cc(C)c([S@](=O)c2ccccc2)c(C)c1. The van der Waals surface area contributed by atoms with Crippen LogP contribution in [0.4, 0.5) is 0 Å². The Morgan fingerprint density at radius 1 is 0.882 bits per heavy atom. The highest BCUT2D eigenvalue weighted by Gasteiger charge is 2.12. The first-order valence-electron chi connectivity index (χ1n) is 5.64. The minimum atomic E-state index is -1.08. The van der Waals surface area contributed by atoms with Crippen LogP contribution in [0.25, 0.3) is 0 Å². The molecule has 2 heteroatoms. The Morgan fingerprint density at radius 2 is 1.41 bits per heavy atom. The van der Waals surface area contributed by atoms with Crippen LogP contribution in [-0.4, -0.2) is 4.21 Å². The molecule has 0 spiro atoms. The van der Waals surface area contributed by atoms with Gasteiger partial charge in [0.1, 0.15) is 0 Å². The molecule has 0 aliphatic heterocycles. The van der Waals surface area contributed by atoms with Crippen LogP contribution in [-0.2, 0) is 10.8 Å². The highest BCUT2D eigenvalue weighted by atomic mass is 32.2. The quantitative estimate of drug-likeness (QED) is 0.785. The van der Waals surface area contributed by atoms with Crippen LogP contribution in [0, 0.1) is 20.8 Å². The van der Waals surface area contributed by atoms with Crippen molar-refractivity contribution < 1.29 is 4.21 Å². The number of hydrogen-bond donors (Lipinski definition) is 0. The fraction of sp³-hybridized carbons (Fsp3) is 0.200. The van der Waals surface area contributed by atoms with Crippen molar-refractivity contribution in [2.24, 2.45) is 0 Å². The summed E-state index contributed by atoms with van der Waals surface area (Å²) in [5.74, 6) is 0. The third-order valence-corrected chi connectivity index (χ3v) is 4.46. The van der Waals surface area contributed by atoms with Crippen molar-refractivity contribution in [1.82, 2.24) is 0 Å². The summed E-state index contributed by atoms with van der Waals surface area (Å²) in [4.78, 5) is 1.81. The van der Waals surface area contributed by atoms with Crippen molar-refractivity contribution in [2.45, 2.75) is 30.6 Å². The molecule has 17 heavy (non-hydrogen) atoms. The highest BCUT2D eigenvalue weighted by Crippen LogP contribution is 2.24. The Morgan fingerprint density at radius 3 is 1.94 bits per heavy atom. The summed E-state index contributed by atoms with van der Waals surface area (Å²) in [5.41, 5.74) is 3.42. The summed E-state index contributed by atoms with van der Waals surface area (Å²) < 4.78 is 12.5. The van der Waals surface area contributed by atoms with Gasteiger partial charge in [-0.05, 0) is 44.0 Å². The van der Waals surface area contributed by atoms with Crippen LogP contribution in [0.3, 0.4) is 0 Å². The topological polar surface area (TPSA) is 17.1 Å². The molecule has 0 aliphatic rings. The van der Waals surface area contributed by atoms with Crippen molar-refractivity contribution >= 4 is 10.8 Å². The molecule has 0 unspecified atom stereocenters. The molecule has 0 saturated carbocycles. The number of hydrogen-bond acceptors (Lipinski definition) is 1. The molecule has 2 rings (SSSR count). The van der Waals surface area contributed by atoms with E-state index < -0.39 is 10.8 Å². The van der Waals surface area contributed by atoms with E-state index in [1.54, 1.807) is 0 Å². The van der Waals surface area contributed by atoms with Gasteiger partial charge in [-0.2, -0.15) is 0 Å². The Hall–Kier alpha value is -1.41. The molecule has 0 amide bonds. The summed E-state index contributed by atoms with van der Waals surface area (Å²) in [6.45, 7) is 6.11. The summed E-state index contributed by atoms with van der Waals surface area (Å²) >= 11 is 0. The molecule has 0 heterocycles. The molecule has 1 nitrogen and oxygen atoms in total. The monoisotopic (exact) mass is 244 g/mol. The fourth-order valence-corrected chi connectivity index (χ4v) is 3.46. The van der Waals surface area contributed by atoms with Crippen LogP contribution < -0.4 is 0 Å². The molecule has 0 fully saturated rings. The Balaban J connectivity index is 2.52. The molecule has 2 aromatic rings. The molecule has 0 bridgehead atoms. The fourth-order valence-electron chi connectivity index (χ4n) is 2.12. The predicted molar refractivity (Wildman–Crippen MR) is 71.8 cm³/mol. The lowest BCUT2D eigenvalue weighted by molar-refractivity contribution is 0.682. The lowest BCUT2D eigenvalue weighted by Gasteiger charge is -2.10. The second-order valence-corrected chi connectivity index (χ2v) is 5.73. The predicted octanol–water partition coefficient (Wildman–Crippen LogP) is 3.78. The number of benzene rings is 2. The Bertz CT molecular complexity index is 535. The summed E-state index contributed by atoms with van der Waals surface area (Å²) in [6, 6.07) is 13.8. The number of aryl methyl sites for hydroxylation is 3. The first-order chi connectivity index (χ1) is 8.09. The van der Waals surface area contributed by atoms with Crippen molar-refractivity contribution in [3.8, 4) is 0 Å². The van der Waals surface area contributed by atoms with Crippen molar-refractivity contribution in [3.05, 3.63) is 59.2 Å². The van der Waals surface area contributed by atoms with Crippen LogP contribution in [0.15, 0.2) is 52.3 Å². The lowest BCUT2D eigenvalue weighted by atomic mass is 10.1. The van der Waals surface area contributed by atoms with Gasteiger partial charge in [0, 0.05) is 9.79 Å². The van der Waals surface area contributed by atoms with Crippen molar-refractivity contribution in [2.75, 3.05) is 0 Å². The van der Waals surface area contributed by atoms with Gasteiger partial charge in [0.25, 0.3) is 0 Å². The molecular formula is C15H16OS. The Kier molecular flexibility index (Phi) is 3.43. The van der Waals surface area contributed by atoms with E-state index in [0.29, 0.717) is 0 Å². The first kappa shape index (κ1) is 12.1. The van der Waals surface area contributed by atoms with Gasteiger partial charge in [-0.15, -0.1) is 0 Å². The van der Waals surface area contributed by atoms with Gasteiger partial charge in [0.05, 0.1) is 10.8 Å². The van der Waals surface area contributed by atoms with E-state index in [0.717, 1.165) is 20.9 Å². The third-order valence-electron chi connectivity index (χ3n) is 2.75. The molecule has 2 aromatic carbocycles. The van der Waals surface area contributed by atoms with Gasteiger partial charge in [-0.1, -0.05) is 35.9 Å². The van der Waals surface area contributed by atoms with Crippen molar-refractivity contribution in [3.63, 3.8) is 0 Å². The van der Waals surface area contributed by atoms with Gasteiger partial charge >= 0.3 is 0 Å². The molecule has 0 aliphatic carbocycles. The zero-order chi connectivity index (χ0) is 12.4. The van der Waals surface area contributed by atoms with E-state index in [2.05, 4.69) is 19.1 Å². The lowest BCUT2D eigenvalue weighted by Crippen LogP contribution is -1.99. The van der Waals surface area contributed by atoms with E-state index in [4.69, 9.17) is 0 Å². The third kappa shape index (κ3) is 2.47. The largest absolute Gasteiger partial charge is 0.249 e. The van der Waals surface area contributed by atoms with Gasteiger partial charge in [-0.25, -0.2) is 4.21 Å². The van der Waals surface area contributed by atoms with Crippen LogP contribution in [0.2, 0.25) is 0 Å². The maximum Gasteiger partial charge on any atom is 0.0854 e.